The number of aromatic nitrogens is 2. The molecule has 0 radical (unpaired) electrons. The average Bonchev–Trinajstić information content (AvgIpc) is 2.81. The fraction of sp³-hybridized carbons (Fsp3) is 0.286. The van der Waals surface area contributed by atoms with Crippen LogP contribution < -0.4 is 10.6 Å². The molecule has 1 heterocycles. The first-order valence-corrected chi connectivity index (χ1v) is 6.25. The van der Waals surface area contributed by atoms with Crippen molar-refractivity contribution in [2.75, 3.05) is 11.4 Å². The number of hydrogen-bond donors (Lipinski definition) is 2. The van der Waals surface area contributed by atoms with Gasteiger partial charge in [0.2, 0.25) is 0 Å². The van der Waals surface area contributed by atoms with E-state index in [1.54, 1.807) is 4.68 Å². The largest absolute Gasteiger partial charge is 0.388 e. The maximum atomic E-state index is 7.37. The Hall–Kier alpha value is -2.30. The zero-order valence-electron chi connectivity index (χ0n) is 11.1. The van der Waals surface area contributed by atoms with E-state index >= 15 is 0 Å². The van der Waals surface area contributed by atoms with Crippen molar-refractivity contribution >= 4 is 11.5 Å². The summed E-state index contributed by atoms with van der Waals surface area (Å²) in [4.78, 5) is 2.21. The maximum Gasteiger partial charge on any atom is 0.0923 e. The summed E-state index contributed by atoms with van der Waals surface area (Å²) in [5, 5.41) is 11.6. The summed E-state index contributed by atoms with van der Waals surface area (Å²) in [6, 6.07) is 10.2. The topological polar surface area (TPSA) is 70.9 Å². The van der Waals surface area contributed by atoms with Gasteiger partial charge >= 0.3 is 0 Å². The number of hydrogen-bond acceptors (Lipinski definition) is 3. The Balaban J connectivity index is 2.12. The lowest BCUT2D eigenvalue weighted by Crippen LogP contribution is -2.27. The molecule has 0 aliphatic carbocycles. The second kappa shape index (κ2) is 6.04. The van der Waals surface area contributed by atoms with E-state index in [4.69, 9.17) is 11.1 Å². The Morgan fingerprint density at radius 1 is 1.37 bits per heavy atom. The first-order chi connectivity index (χ1) is 9.15. The van der Waals surface area contributed by atoms with Gasteiger partial charge in [0, 0.05) is 44.0 Å². The molecule has 2 rings (SSSR count). The number of benzene rings is 1. The van der Waals surface area contributed by atoms with E-state index in [-0.39, 0.29) is 5.84 Å². The highest BCUT2D eigenvalue weighted by Crippen LogP contribution is 2.16. The summed E-state index contributed by atoms with van der Waals surface area (Å²) in [5.41, 5.74) is 7.74. The van der Waals surface area contributed by atoms with E-state index in [1.807, 2.05) is 37.6 Å². The van der Waals surface area contributed by atoms with Crippen LogP contribution in [0.3, 0.4) is 0 Å². The summed E-state index contributed by atoms with van der Waals surface area (Å²) in [5.74, 6) is 0.215. The lowest BCUT2D eigenvalue weighted by molar-refractivity contribution is 0.764. The third-order valence-corrected chi connectivity index (χ3v) is 2.90. The molecule has 0 bridgehead atoms. The van der Waals surface area contributed by atoms with Crippen molar-refractivity contribution in [2.24, 2.45) is 12.8 Å². The van der Waals surface area contributed by atoms with Gasteiger partial charge in [0.1, 0.15) is 0 Å². The van der Waals surface area contributed by atoms with Gasteiger partial charge < -0.3 is 10.6 Å². The molecule has 2 aromatic rings. The number of rotatable bonds is 6. The minimum atomic E-state index is 0.215. The molecule has 0 amide bonds. The highest BCUT2D eigenvalue weighted by Gasteiger charge is 2.08. The number of para-hydroxylation sites is 1. The standard InChI is InChI=1S/C14H19N5/c1-18-10-12(9-17-18)11-19(8-7-14(15)16)13-5-3-2-4-6-13/h2-6,9-10H,7-8,11H2,1H3,(H3,15,16). The minimum Gasteiger partial charge on any atom is -0.388 e. The van der Waals surface area contributed by atoms with E-state index in [9.17, 15) is 0 Å². The van der Waals surface area contributed by atoms with Gasteiger partial charge in [-0.1, -0.05) is 18.2 Å². The molecule has 1 aromatic heterocycles. The van der Waals surface area contributed by atoms with Crippen molar-refractivity contribution in [3.8, 4) is 0 Å². The highest BCUT2D eigenvalue weighted by atomic mass is 15.2. The summed E-state index contributed by atoms with van der Waals surface area (Å²) in [7, 11) is 1.91. The molecule has 0 fully saturated rings. The molecule has 1 aromatic carbocycles. The summed E-state index contributed by atoms with van der Waals surface area (Å²) in [6.07, 6.45) is 4.43. The monoisotopic (exact) mass is 257 g/mol. The van der Waals surface area contributed by atoms with Crippen molar-refractivity contribution in [2.45, 2.75) is 13.0 Å². The van der Waals surface area contributed by atoms with Crippen molar-refractivity contribution in [3.05, 3.63) is 48.3 Å². The van der Waals surface area contributed by atoms with Crippen molar-refractivity contribution in [3.63, 3.8) is 0 Å². The molecule has 0 spiro atoms. The molecule has 5 nitrogen and oxygen atoms in total. The summed E-state index contributed by atoms with van der Waals surface area (Å²) >= 11 is 0. The number of nitrogens with zero attached hydrogens (tertiary/aromatic N) is 3. The molecule has 0 saturated heterocycles. The Morgan fingerprint density at radius 3 is 2.68 bits per heavy atom. The van der Waals surface area contributed by atoms with E-state index in [0.29, 0.717) is 6.42 Å². The number of amidine groups is 1. The quantitative estimate of drug-likeness (QED) is 0.612. The third kappa shape index (κ3) is 3.84. The fourth-order valence-electron chi connectivity index (χ4n) is 1.97. The first kappa shape index (κ1) is 13.1. The lowest BCUT2D eigenvalue weighted by atomic mass is 10.2. The summed E-state index contributed by atoms with van der Waals surface area (Å²) in [6.45, 7) is 1.50. The van der Waals surface area contributed by atoms with E-state index in [2.05, 4.69) is 22.1 Å². The number of anilines is 1. The smallest absolute Gasteiger partial charge is 0.0923 e. The Bertz CT molecular complexity index is 532. The van der Waals surface area contributed by atoms with E-state index < -0.39 is 0 Å². The van der Waals surface area contributed by atoms with Gasteiger partial charge in [0.05, 0.1) is 12.0 Å². The second-order valence-corrected chi connectivity index (χ2v) is 4.55. The van der Waals surface area contributed by atoms with Crippen LogP contribution in [0, 0.1) is 5.41 Å². The van der Waals surface area contributed by atoms with Crippen molar-refractivity contribution < 1.29 is 0 Å². The predicted molar refractivity (Wildman–Crippen MR) is 77.2 cm³/mol. The SMILES string of the molecule is Cn1cc(CN(CCC(=N)N)c2ccccc2)cn1. The van der Waals surface area contributed by atoms with Gasteiger partial charge in [0.25, 0.3) is 0 Å². The second-order valence-electron chi connectivity index (χ2n) is 4.55. The Morgan fingerprint density at radius 2 is 2.11 bits per heavy atom. The number of nitrogens with two attached hydrogens (primary N) is 1. The molecule has 0 aliphatic heterocycles. The molecule has 100 valence electrons. The minimum absolute atomic E-state index is 0.215. The van der Waals surface area contributed by atoms with E-state index in [1.165, 1.54) is 0 Å². The van der Waals surface area contributed by atoms with Crippen LogP contribution in [-0.2, 0) is 13.6 Å². The maximum absolute atomic E-state index is 7.37. The lowest BCUT2D eigenvalue weighted by Gasteiger charge is -2.24. The number of nitrogens with one attached hydrogen (secondary N) is 1. The Labute approximate surface area is 113 Å². The van der Waals surface area contributed by atoms with Gasteiger partial charge in [0.15, 0.2) is 0 Å². The van der Waals surface area contributed by atoms with Gasteiger partial charge in [-0.15, -0.1) is 0 Å². The molecule has 0 aliphatic rings. The zero-order valence-corrected chi connectivity index (χ0v) is 11.1. The molecular formula is C14H19N5. The summed E-state index contributed by atoms with van der Waals surface area (Å²) < 4.78 is 1.80. The van der Waals surface area contributed by atoms with Gasteiger partial charge in [-0.05, 0) is 12.1 Å². The van der Waals surface area contributed by atoms with Crippen LogP contribution >= 0.6 is 0 Å². The van der Waals surface area contributed by atoms with Crippen LogP contribution in [0.2, 0.25) is 0 Å². The van der Waals surface area contributed by atoms with Crippen LogP contribution in [-0.4, -0.2) is 22.2 Å². The van der Waals surface area contributed by atoms with Crippen LogP contribution in [0.4, 0.5) is 5.69 Å². The molecule has 19 heavy (non-hydrogen) atoms. The normalized spacial score (nSPS) is 10.4. The third-order valence-electron chi connectivity index (χ3n) is 2.90. The van der Waals surface area contributed by atoms with Crippen molar-refractivity contribution in [1.29, 1.82) is 5.41 Å². The molecular weight excluding hydrogens is 238 g/mol. The average molecular weight is 257 g/mol. The fourth-order valence-corrected chi connectivity index (χ4v) is 1.97. The predicted octanol–water partition coefficient (Wildman–Crippen LogP) is 1.75. The van der Waals surface area contributed by atoms with Crippen LogP contribution in [0.5, 0.6) is 0 Å². The van der Waals surface area contributed by atoms with E-state index in [0.717, 1.165) is 24.3 Å². The zero-order chi connectivity index (χ0) is 13.7. The van der Waals surface area contributed by atoms with Crippen molar-refractivity contribution in [1.82, 2.24) is 9.78 Å². The Kier molecular flexibility index (Phi) is 4.18. The molecule has 0 atom stereocenters. The highest BCUT2D eigenvalue weighted by molar-refractivity contribution is 5.77. The molecule has 3 N–H and O–H groups in total. The van der Waals surface area contributed by atoms with Gasteiger partial charge in [-0.2, -0.15) is 5.10 Å². The van der Waals surface area contributed by atoms with Crippen LogP contribution in [0.1, 0.15) is 12.0 Å². The first-order valence-electron chi connectivity index (χ1n) is 6.25. The van der Waals surface area contributed by atoms with Gasteiger partial charge in [-0.25, -0.2) is 0 Å². The molecule has 0 unspecified atom stereocenters. The van der Waals surface area contributed by atoms with Gasteiger partial charge in [-0.3, -0.25) is 10.1 Å². The molecule has 0 saturated carbocycles. The van der Waals surface area contributed by atoms with Crippen LogP contribution in [0.15, 0.2) is 42.7 Å². The molecule has 5 heteroatoms. The van der Waals surface area contributed by atoms with Crippen LogP contribution in [0.25, 0.3) is 0 Å². The number of aryl methyl sites for hydroxylation is 1.